The summed E-state index contributed by atoms with van der Waals surface area (Å²) < 4.78 is 18.3. The molecule has 3 unspecified atom stereocenters. The summed E-state index contributed by atoms with van der Waals surface area (Å²) >= 11 is 0. The van der Waals surface area contributed by atoms with Crippen molar-refractivity contribution in [3.05, 3.63) is 24.2 Å². The number of aliphatic hydroxyl groups excluding tert-OH is 1. The number of anilines is 1. The van der Waals surface area contributed by atoms with Crippen LogP contribution in [0.3, 0.4) is 0 Å². The van der Waals surface area contributed by atoms with Gasteiger partial charge in [0, 0.05) is 13.7 Å². The number of amides is 1. The van der Waals surface area contributed by atoms with E-state index in [-0.39, 0.29) is 30.8 Å². The normalized spacial score (nSPS) is 17.8. The van der Waals surface area contributed by atoms with Crippen molar-refractivity contribution in [2.75, 3.05) is 19.5 Å². The largest absolute Gasteiger partial charge is 0.461 e. The highest BCUT2D eigenvalue weighted by molar-refractivity contribution is 5.81. The number of nitrogens with two attached hydrogens (primary N) is 1. The van der Waals surface area contributed by atoms with Gasteiger partial charge in [-0.25, -0.2) is 24.4 Å². The van der Waals surface area contributed by atoms with Crippen LogP contribution >= 0.6 is 0 Å². The summed E-state index contributed by atoms with van der Waals surface area (Å²) in [6.07, 6.45) is 1.55. The first-order chi connectivity index (χ1) is 16.3. The molecule has 0 spiro atoms. The topological polar surface area (TPSA) is 174 Å². The van der Waals surface area contributed by atoms with E-state index in [1.807, 2.05) is 26.0 Å². The summed E-state index contributed by atoms with van der Waals surface area (Å²) in [7, 11) is 1.00. The van der Waals surface area contributed by atoms with E-state index in [1.54, 1.807) is 18.4 Å². The minimum absolute atomic E-state index is 0.0901. The molecule has 0 bridgehead atoms. The third kappa shape index (κ3) is 7.57. The van der Waals surface area contributed by atoms with Gasteiger partial charge in [0.2, 0.25) is 0 Å². The average Bonchev–Trinajstić information content (AvgIpc) is 3.45. The number of carbonyl (C=O) groups is 2. The molecule has 3 atom stereocenters. The molecular formula is C22H34N6O6. The van der Waals surface area contributed by atoms with Crippen LogP contribution in [0, 0.1) is 17.8 Å². The van der Waals surface area contributed by atoms with E-state index >= 15 is 0 Å². The Labute approximate surface area is 199 Å². The Morgan fingerprint density at radius 1 is 1.29 bits per heavy atom. The Kier molecular flexibility index (Phi) is 11.8. The summed E-state index contributed by atoms with van der Waals surface area (Å²) in [6.45, 7) is 10.8. The number of ether oxygens (including phenoxy) is 3. The number of alkyl carbamates (subject to hydrolysis) is 1. The molecule has 3 heterocycles. The van der Waals surface area contributed by atoms with Gasteiger partial charge >= 0.3 is 12.1 Å². The standard InChI is InChI=1S/C20H29N5O5.CHN.CH4O/c1-11(2)17(19(26)29-12(3)4)24-20(27)28-9-13-5-8-16(30-13)14-6-7-15-18(21)22-10-23-25(14)15;2*1-2/h6-7,10-13,16-17H,5,8-9H2,1-4H3,(H,24,27)(H2,21,22,23);1H;2H,1H3. The molecule has 1 aliphatic rings. The number of nitrogens with one attached hydrogen (secondary N) is 1. The molecule has 0 saturated carbocycles. The predicted molar refractivity (Wildman–Crippen MR) is 123 cm³/mol. The van der Waals surface area contributed by atoms with Crippen LogP contribution in [-0.2, 0) is 19.0 Å². The van der Waals surface area contributed by atoms with Crippen molar-refractivity contribution in [2.24, 2.45) is 5.92 Å². The van der Waals surface area contributed by atoms with Crippen LogP contribution in [0.25, 0.3) is 5.52 Å². The Hall–Kier alpha value is -3.43. The van der Waals surface area contributed by atoms with Crippen LogP contribution in [-0.4, -0.2) is 63.7 Å². The number of hydrogen-bond donors (Lipinski definition) is 3. The van der Waals surface area contributed by atoms with Gasteiger partial charge in [0.25, 0.3) is 0 Å². The highest BCUT2D eigenvalue weighted by Gasteiger charge is 2.31. The third-order valence-corrected chi connectivity index (χ3v) is 4.89. The van der Waals surface area contributed by atoms with Gasteiger partial charge in [-0.15, -0.1) is 0 Å². The fourth-order valence-corrected chi connectivity index (χ4v) is 3.40. The highest BCUT2D eigenvalue weighted by atomic mass is 16.6. The maximum atomic E-state index is 12.2. The van der Waals surface area contributed by atoms with E-state index in [1.165, 1.54) is 6.33 Å². The zero-order valence-corrected chi connectivity index (χ0v) is 20.2. The van der Waals surface area contributed by atoms with Gasteiger partial charge in [0.1, 0.15) is 30.6 Å². The van der Waals surface area contributed by atoms with Crippen molar-refractivity contribution in [3.63, 3.8) is 0 Å². The number of carbonyl (C=O) groups excluding carboxylic acids is 2. The van der Waals surface area contributed by atoms with E-state index in [2.05, 4.69) is 22.0 Å². The molecule has 2 aromatic heterocycles. The molecule has 0 aliphatic carbocycles. The number of aliphatic hydroxyl groups is 1. The number of fused-ring (bicyclic) bond motifs is 1. The van der Waals surface area contributed by atoms with Gasteiger partial charge in [-0.1, -0.05) is 13.8 Å². The van der Waals surface area contributed by atoms with Crippen LogP contribution in [0.15, 0.2) is 18.5 Å². The fourth-order valence-electron chi connectivity index (χ4n) is 3.40. The summed E-state index contributed by atoms with van der Waals surface area (Å²) in [6, 6.07) is 3.00. The SMILES string of the molecule is C#N.CC(C)OC(=O)C(NC(=O)OCC1CCC(c2ccc3c(N)ncnn23)O1)C(C)C.CO. The Balaban J connectivity index is 0.00000137. The lowest BCUT2D eigenvalue weighted by molar-refractivity contribution is -0.151. The Morgan fingerprint density at radius 2 is 1.97 bits per heavy atom. The molecule has 12 nitrogen and oxygen atoms in total. The average molecular weight is 479 g/mol. The smallest absolute Gasteiger partial charge is 0.407 e. The van der Waals surface area contributed by atoms with Crippen LogP contribution in [0.4, 0.5) is 10.6 Å². The molecule has 1 saturated heterocycles. The zero-order valence-electron chi connectivity index (χ0n) is 20.2. The van der Waals surface area contributed by atoms with Crippen LogP contribution in [0.1, 0.15) is 52.3 Å². The second kappa shape index (κ2) is 14.0. The molecule has 2 aromatic rings. The number of esters is 1. The lowest BCUT2D eigenvalue weighted by atomic mass is 10.1. The molecule has 188 valence electrons. The first-order valence-corrected chi connectivity index (χ1v) is 10.8. The summed E-state index contributed by atoms with van der Waals surface area (Å²) in [4.78, 5) is 28.3. The van der Waals surface area contributed by atoms with E-state index in [9.17, 15) is 9.59 Å². The monoisotopic (exact) mass is 478 g/mol. The maximum absolute atomic E-state index is 12.2. The van der Waals surface area contributed by atoms with Crippen LogP contribution in [0.5, 0.6) is 0 Å². The minimum atomic E-state index is -0.769. The third-order valence-electron chi connectivity index (χ3n) is 4.89. The summed E-state index contributed by atoms with van der Waals surface area (Å²) in [5.74, 6) is -0.204. The van der Waals surface area contributed by atoms with Crippen molar-refractivity contribution in [1.29, 1.82) is 5.26 Å². The number of nitrogen functional groups attached to an aromatic ring is 1. The number of aromatic nitrogens is 3. The Morgan fingerprint density at radius 3 is 2.59 bits per heavy atom. The van der Waals surface area contributed by atoms with Gasteiger partial charge < -0.3 is 30.4 Å². The number of hydrogen-bond acceptors (Lipinski definition) is 10. The molecule has 3 rings (SSSR count). The van der Waals surface area contributed by atoms with Gasteiger partial charge in [-0.05, 0) is 44.7 Å². The van der Waals surface area contributed by atoms with Gasteiger partial charge in [0.05, 0.1) is 17.9 Å². The van der Waals surface area contributed by atoms with E-state index in [0.29, 0.717) is 5.82 Å². The summed E-state index contributed by atoms with van der Waals surface area (Å²) in [5, 5.41) is 20.3. The molecule has 1 aliphatic heterocycles. The second-order valence-corrected chi connectivity index (χ2v) is 7.97. The van der Waals surface area contributed by atoms with Crippen molar-refractivity contribution < 1.29 is 28.9 Å². The van der Waals surface area contributed by atoms with Gasteiger partial charge in [-0.2, -0.15) is 5.10 Å². The van der Waals surface area contributed by atoms with Crippen LogP contribution < -0.4 is 11.1 Å². The first kappa shape index (κ1) is 28.6. The van der Waals surface area contributed by atoms with E-state index in [0.717, 1.165) is 31.2 Å². The molecule has 4 N–H and O–H groups in total. The second-order valence-electron chi connectivity index (χ2n) is 7.97. The van der Waals surface area contributed by atoms with Crippen molar-refractivity contribution in [2.45, 2.75) is 64.9 Å². The lowest BCUT2D eigenvalue weighted by Crippen LogP contribution is -2.46. The Bertz CT molecular complexity index is 944. The first-order valence-electron chi connectivity index (χ1n) is 10.8. The highest BCUT2D eigenvalue weighted by Crippen LogP contribution is 2.33. The molecule has 12 heteroatoms. The quantitative estimate of drug-likeness (QED) is 0.499. The fraction of sp³-hybridized carbons (Fsp3) is 0.591. The van der Waals surface area contributed by atoms with Crippen molar-refractivity contribution >= 4 is 23.4 Å². The lowest BCUT2D eigenvalue weighted by Gasteiger charge is -2.22. The molecule has 0 aromatic carbocycles. The zero-order chi connectivity index (χ0) is 25.8. The number of rotatable bonds is 7. The molecule has 1 fully saturated rings. The van der Waals surface area contributed by atoms with Gasteiger partial charge in [-0.3, -0.25) is 0 Å². The van der Waals surface area contributed by atoms with Crippen LogP contribution in [0.2, 0.25) is 0 Å². The molecule has 1 amide bonds. The van der Waals surface area contributed by atoms with Crippen molar-refractivity contribution in [1.82, 2.24) is 19.9 Å². The molecule has 0 radical (unpaired) electrons. The minimum Gasteiger partial charge on any atom is -0.461 e. The van der Waals surface area contributed by atoms with Gasteiger partial charge in [0.15, 0.2) is 5.82 Å². The number of nitriles is 1. The molecular weight excluding hydrogens is 444 g/mol. The predicted octanol–water partition coefficient (Wildman–Crippen LogP) is 1.98. The maximum Gasteiger partial charge on any atom is 0.407 e. The number of nitrogens with zero attached hydrogens (tertiary/aromatic N) is 4. The summed E-state index contributed by atoms with van der Waals surface area (Å²) in [5.41, 5.74) is 7.48. The van der Waals surface area contributed by atoms with Crippen molar-refractivity contribution in [3.8, 4) is 6.57 Å². The molecule has 34 heavy (non-hydrogen) atoms. The van der Waals surface area contributed by atoms with E-state index in [4.69, 9.17) is 30.3 Å². The van der Waals surface area contributed by atoms with E-state index < -0.39 is 18.1 Å².